The topological polar surface area (TPSA) is 33.9 Å². The highest BCUT2D eigenvalue weighted by atomic mass is 16.5. The normalized spacial score (nSPS) is 24.9. The highest BCUT2D eigenvalue weighted by molar-refractivity contribution is 5.31. The Morgan fingerprint density at radius 2 is 1.95 bits per heavy atom. The second-order valence-electron chi connectivity index (χ2n) is 5.91. The molecule has 0 saturated heterocycles. The third kappa shape index (κ3) is 3.53. The lowest BCUT2D eigenvalue weighted by atomic mass is 9.72. The Bertz CT molecular complexity index is 565. The van der Waals surface area contributed by atoms with Crippen LogP contribution in [-0.4, -0.2) is 38.3 Å². The summed E-state index contributed by atoms with van der Waals surface area (Å²) in [6.45, 7) is -1.67. The maximum absolute atomic E-state index is 11.3. The van der Waals surface area contributed by atoms with Gasteiger partial charge in [-0.15, -0.1) is 0 Å². The van der Waals surface area contributed by atoms with Crippen LogP contribution in [0, 0.1) is 0 Å². The van der Waals surface area contributed by atoms with Crippen LogP contribution in [0.25, 0.3) is 0 Å². The van der Waals surface area contributed by atoms with Crippen LogP contribution < -0.4 is 9.64 Å². The molecule has 1 aromatic rings. The van der Waals surface area contributed by atoms with E-state index in [0.717, 1.165) is 19.3 Å². The zero-order valence-corrected chi connectivity index (χ0v) is 12.3. The number of methoxy groups -OCH3 is 1. The minimum absolute atomic E-state index is 0.205. The van der Waals surface area contributed by atoms with Gasteiger partial charge in [0, 0.05) is 0 Å². The summed E-state index contributed by atoms with van der Waals surface area (Å²) in [6, 6.07) is 6.39. The second-order valence-corrected chi connectivity index (χ2v) is 5.91. The van der Waals surface area contributed by atoms with Crippen molar-refractivity contribution in [3.05, 3.63) is 29.8 Å². The third-order valence-electron chi connectivity index (χ3n) is 4.02. The summed E-state index contributed by atoms with van der Waals surface area (Å²) >= 11 is 0. The summed E-state index contributed by atoms with van der Waals surface area (Å²) in [7, 11) is 0.960. The van der Waals surface area contributed by atoms with E-state index < -0.39 is 25.1 Å². The van der Waals surface area contributed by atoms with Crippen molar-refractivity contribution in [3.63, 3.8) is 0 Å². The van der Waals surface area contributed by atoms with E-state index in [1.54, 1.807) is 26.2 Å². The van der Waals surface area contributed by atoms with Gasteiger partial charge in [0.1, 0.15) is 5.75 Å². The first-order chi connectivity index (χ1) is 11.5. The lowest BCUT2D eigenvalue weighted by Gasteiger charge is -2.39. The van der Waals surface area contributed by atoms with E-state index in [4.69, 9.17) is 11.6 Å². The molecule has 0 aliphatic heterocycles. The van der Waals surface area contributed by atoms with Gasteiger partial charge < -0.3 is 14.7 Å². The van der Waals surface area contributed by atoms with Gasteiger partial charge in [-0.2, -0.15) is 0 Å². The molecule has 0 spiro atoms. The van der Waals surface area contributed by atoms with Gasteiger partial charge in [0.15, 0.2) is 0 Å². The lowest BCUT2D eigenvalue weighted by molar-refractivity contribution is -0.860. The van der Waals surface area contributed by atoms with Gasteiger partial charge in [0.05, 0.1) is 46.0 Å². The summed E-state index contributed by atoms with van der Waals surface area (Å²) in [6.07, 6.45) is 3.95. The first-order valence-corrected chi connectivity index (χ1v) is 7.28. The summed E-state index contributed by atoms with van der Waals surface area (Å²) in [5.41, 5.74) is -0.445. The Morgan fingerprint density at radius 3 is 2.50 bits per heavy atom. The van der Waals surface area contributed by atoms with E-state index in [1.165, 1.54) is 12.1 Å². The molecule has 20 heavy (non-hydrogen) atoms. The van der Waals surface area contributed by atoms with Crippen LogP contribution in [0.1, 0.15) is 50.4 Å². The van der Waals surface area contributed by atoms with Gasteiger partial charge >= 0.3 is 0 Å². The van der Waals surface area contributed by atoms with E-state index in [0.29, 0.717) is 23.3 Å². The van der Waals surface area contributed by atoms with Crippen LogP contribution in [0.4, 0.5) is 0 Å². The van der Waals surface area contributed by atoms with Crippen molar-refractivity contribution in [1.29, 1.82) is 0 Å². The number of nitrogens with one attached hydrogen (secondary N) is 1. The number of rotatable bonds is 5. The zero-order valence-electron chi connectivity index (χ0n) is 17.3. The number of hydrogen-bond acceptors (Lipinski definition) is 2. The zero-order chi connectivity index (χ0) is 18.9. The average molecular weight is 283 g/mol. The molecule has 112 valence electrons. The van der Waals surface area contributed by atoms with Crippen molar-refractivity contribution in [2.24, 2.45) is 0 Å². The summed E-state index contributed by atoms with van der Waals surface area (Å²) in [4.78, 5) is 0.610. The standard InChI is InChI=1S/C17H27NO2/c1-18(2)13-16(17(19)11-5-4-6-12-17)14-7-9-15(20-3)10-8-14/h7-10,16,19H,4-6,11-13H2,1-3H3/p+1/t16-/m0/s1/i3D3,13D2. The molecule has 0 heterocycles. The molecule has 1 fully saturated rings. The second kappa shape index (κ2) is 6.59. The maximum atomic E-state index is 11.3. The molecule has 2 rings (SSSR count). The maximum Gasteiger partial charge on any atom is 0.118 e. The fourth-order valence-corrected chi connectivity index (χ4v) is 3.00. The Hall–Kier alpha value is -1.06. The number of aliphatic hydroxyl groups is 1. The van der Waals surface area contributed by atoms with Crippen molar-refractivity contribution < 1.29 is 21.6 Å². The Morgan fingerprint density at radius 1 is 1.30 bits per heavy atom. The van der Waals surface area contributed by atoms with Crippen LogP contribution in [0.2, 0.25) is 0 Å². The number of benzene rings is 1. The Labute approximate surface area is 129 Å². The summed E-state index contributed by atoms with van der Waals surface area (Å²) in [5.74, 6) is -0.497. The van der Waals surface area contributed by atoms with Gasteiger partial charge in [-0.1, -0.05) is 31.4 Å². The Kier molecular flexibility index (Phi) is 3.23. The molecule has 1 atom stereocenters. The highest BCUT2D eigenvalue weighted by Gasteiger charge is 2.40. The molecular formula is C17H28NO2+. The predicted molar refractivity (Wildman–Crippen MR) is 81.4 cm³/mol. The molecule has 3 heteroatoms. The van der Waals surface area contributed by atoms with E-state index >= 15 is 0 Å². The molecule has 1 saturated carbocycles. The lowest BCUT2D eigenvalue weighted by Crippen LogP contribution is -3.06. The van der Waals surface area contributed by atoms with Crippen molar-refractivity contribution in [2.75, 3.05) is 27.6 Å². The fraction of sp³-hybridized carbons (Fsp3) is 0.647. The number of likely N-dealkylation sites (N-methyl/N-ethyl adjacent to an activating group) is 1. The highest BCUT2D eigenvalue weighted by Crippen LogP contribution is 2.39. The van der Waals surface area contributed by atoms with Crippen LogP contribution in [0.5, 0.6) is 5.75 Å². The van der Waals surface area contributed by atoms with Crippen molar-refractivity contribution >= 4 is 0 Å². The minimum Gasteiger partial charge on any atom is -0.497 e. The minimum atomic E-state index is -2.52. The molecule has 0 unspecified atom stereocenters. The molecular weight excluding hydrogens is 250 g/mol. The number of ether oxygens (including phenoxy) is 1. The third-order valence-corrected chi connectivity index (χ3v) is 4.02. The van der Waals surface area contributed by atoms with E-state index in [9.17, 15) is 5.11 Å². The number of quaternary nitrogens is 1. The van der Waals surface area contributed by atoms with Crippen LogP contribution in [-0.2, 0) is 0 Å². The van der Waals surface area contributed by atoms with Gasteiger partial charge in [0.25, 0.3) is 0 Å². The SMILES string of the molecule is [2H]C([2H])([2H])Oc1ccc([C@@H](C2(O)CCCCC2)C([2H])([2H])[NH+](C)C)cc1. The molecule has 0 bridgehead atoms. The Balaban J connectivity index is 2.38. The largest absolute Gasteiger partial charge is 0.497 e. The van der Waals surface area contributed by atoms with E-state index in [-0.39, 0.29) is 5.75 Å². The van der Waals surface area contributed by atoms with E-state index in [2.05, 4.69) is 0 Å². The summed E-state index contributed by atoms with van der Waals surface area (Å²) in [5, 5.41) is 11.3. The van der Waals surface area contributed by atoms with Crippen molar-refractivity contribution in [1.82, 2.24) is 0 Å². The van der Waals surface area contributed by atoms with Crippen LogP contribution >= 0.6 is 0 Å². The van der Waals surface area contributed by atoms with Crippen LogP contribution in [0.3, 0.4) is 0 Å². The van der Waals surface area contributed by atoms with Gasteiger partial charge in [-0.25, -0.2) is 0 Å². The predicted octanol–water partition coefficient (Wildman–Crippen LogP) is 1.62. The van der Waals surface area contributed by atoms with Crippen LogP contribution in [0.15, 0.2) is 24.3 Å². The monoisotopic (exact) mass is 283 g/mol. The number of hydrogen-bond donors (Lipinski definition) is 2. The quantitative estimate of drug-likeness (QED) is 0.861. The molecule has 1 aromatic carbocycles. The molecule has 3 nitrogen and oxygen atoms in total. The molecule has 0 amide bonds. The molecule has 2 N–H and O–H groups in total. The molecule has 0 aromatic heterocycles. The van der Waals surface area contributed by atoms with Crippen molar-refractivity contribution in [2.45, 2.75) is 43.6 Å². The van der Waals surface area contributed by atoms with E-state index in [1.807, 2.05) is 0 Å². The van der Waals surface area contributed by atoms with Gasteiger partial charge in [-0.05, 0) is 30.5 Å². The molecule has 0 radical (unpaired) electrons. The average Bonchev–Trinajstić information content (AvgIpc) is 2.48. The van der Waals surface area contributed by atoms with Gasteiger partial charge in [0.2, 0.25) is 0 Å². The molecule has 1 aliphatic carbocycles. The van der Waals surface area contributed by atoms with Gasteiger partial charge in [-0.3, -0.25) is 0 Å². The van der Waals surface area contributed by atoms with Crippen molar-refractivity contribution in [3.8, 4) is 5.75 Å². The first kappa shape index (κ1) is 9.80. The fourth-order valence-electron chi connectivity index (χ4n) is 3.00. The first-order valence-electron chi connectivity index (χ1n) is 9.78. The molecule has 1 aliphatic rings. The summed E-state index contributed by atoms with van der Waals surface area (Å²) < 4.78 is 43.5. The smallest absolute Gasteiger partial charge is 0.118 e.